The number of imidazole rings is 1. The van der Waals surface area contributed by atoms with Crippen LogP contribution in [0.1, 0.15) is 38.5 Å². The van der Waals surface area contributed by atoms with E-state index in [1.54, 1.807) is 11.6 Å². The van der Waals surface area contributed by atoms with Gasteiger partial charge in [0.2, 0.25) is 5.91 Å². The highest BCUT2D eigenvalue weighted by Crippen LogP contribution is 2.59. The van der Waals surface area contributed by atoms with Crippen LogP contribution in [0.4, 0.5) is 0 Å². The largest absolute Gasteiger partial charge is 0.354 e. The van der Waals surface area contributed by atoms with Crippen LogP contribution in [0.2, 0.25) is 0 Å². The summed E-state index contributed by atoms with van der Waals surface area (Å²) >= 11 is 0. The maximum Gasteiger partial charge on any atom is 0.332 e. The van der Waals surface area contributed by atoms with Gasteiger partial charge in [-0.2, -0.15) is 0 Å². The minimum atomic E-state index is -0.426. The lowest BCUT2D eigenvalue weighted by Crippen LogP contribution is -2.51. The maximum atomic E-state index is 12.7. The molecular formula is C20H27N5O3. The van der Waals surface area contributed by atoms with Crippen molar-refractivity contribution >= 4 is 17.1 Å². The van der Waals surface area contributed by atoms with Crippen molar-refractivity contribution in [3.05, 3.63) is 27.2 Å². The van der Waals surface area contributed by atoms with Crippen molar-refractivity contribution in [2.45, 2.75) is 45.1 Å². The number of aryl methyl sites for hydroxylation is 1. The topological polar surface area (TPSA) is 90.9 Å². The maximum absolute atomic E-state index is 12.7. The van der Waals surface area contributed by atoms with E-state index in [1.165, 1.54) is 56.5 Å². The Labute approximate surface area is 162 Å². The molecule has 1 amide bonds. The summed E-state index contributed by atoms with van der Waals surface area (Å²) in [6, 6.07) is 0. The first kappa shape index (κ1) is 17.7. The summed E-state index contributed by atoms with van der Waals surface area (Å²) in [6.45, 7) is 0.773. The van der Waals surface area contributed by atoms with E-state index in [1.807, 2.05) is 0 Å². The Morgan fingerprint density at radius 2 is 1.71 bits per heavy atom. The van der Waals surface area contributed by atoms with Crippen LogP contribution in [0.3, 0.4) is 0 Å². The summed E-state index contributed by atoms with van der Waals surface area (Å²) in [5.41, 5.74) is 0.0246. The summed E-state index contributed by atoms with van der Waals surface area (Å²) in [7, 11) is 3.02. The molecule has 0 atom stereocenters. The van der Waals surface area contributed by atoms with Gasteiger partial charge in [-0.15, -0.1) is 0 Å². The molecule has 0 radical (unpaired) electrons. The number of aromatic nitrogens is 4. The molecule has 8 nitrogen and oxygen atoms in total. The fourth-order valence-corrected chi connectivity index (χ4v) is 6.52. The molecule has 1 N–H and O–H groups in total. The summed E-state index contributed by atoms with van der Waals surface area (Å²) in [6.07, 6.45) is 9.36. The van der Waals surface area contributed by atoms with Crippen LogP contribution < -0.4 is 16.6 Å². The van der Waals surface area contributed by atoms with Crippen LogP contribution in [-0.2, 0) is 25.4 Å². The molecule has 0 aromatic carbocycles. The molecule has 0 saturated heterocycles. The highest BCUT2D eigenvalue weighted by molar-refractivity contribution is 5.78. The van der Waals surface area contributed by atoms with Crippen LogP contribution in [0.15, 0.2) is 15.9 Å². The zero-order chi connectivity index (χ0) is 19.6. The first-order valence-electron chi connectivity index (χ1n) is 10.2. The fraction of sp³-hybridized carbons (Fsp3) is 0.700. The molecule has 4 bridgehead atoms. The van der Waals surface area contributed by atoms with Gasteiger partial charge in [0.15, 0.2) is 11.2 Å². The van der Waals surface area contributed by atoms with Gasteiger partial charge >= 0.3 is 5.69 Å². The van der Waals surface area contributed by atoms with Gasteiger partial charge in [0.25, 0.3) is 5.56 Å². The van der Waals surface area contributed by atoms with Gasteiger partial charge in [-0.3, -0.25) is 18.7 Å². The zero-order valence-corrected chi connectivity index (χ0v) is 16.5. The Bertz CT molecular complexity index is 1040. The van der Waals surface area contributed by atoms with Crippen LogP contribution in [0.25, 0.3) is 11.2 Å². The van der Waals surface area contributed by atoms with Gasteiger partial charge in [-0.25, -0.2) is 9.78 Å². The smallest absolute Gasteiger partial charge is 0.332 e. The summed E-state index contributed by atoms with van der Waals surface area (Å²) in [5.74, 6) is 2.45. The van der Waals surface area contributed by atoms with E-state index in [0.29, 0.717) is 5.65 Å². The zero-order valence-electron chi connectivity index (χ0n) is 16.5. The van der Waals surface area contributed by atoms with Gasteiger partial charge in [0.05, 0.1) is 6.33 Å². The predicted molar refractivity (Wildman–Crippen MR) is 104 cm³/mol. The van der Waals surface area contributed by atoms with Gasteiger partial charge in [0.1, 0.15) is 6.54 Å². The first-order valence-corrected chi connectivity index (χ1v) is 10.2. The standard InChI is InChI=1S/C20H27N5O3/c1-23-17-16(18(27)24(2)19(23)28)25(11-22-17)9-15(26)21-10-20-6-12-3-13(7-20)5-14(4-12)8-20/h11-14H,3-10H2,1-2H3,(H,21,26). The third-order valence-corrected chi connectivity index (χ3v) is 7.36. The highest BCUT2D eigenvalue weighted by atomic mass is 16.2. The average molecular weight is 385 g/mol. The van der Waals surface area contributed by atoms with Crippen LogP contribution in [0, 0.1) is 23.2 Å². The van der Waals surface area contributed by atoms with Crippen molar-refractivity contribution in [3.63, 3.8) is 0 Å². The summed E-state index contributed by atoms with van der Waals surface area (Å²) in [4.78, 5) is 41.4. The second kappa shape index (κ2) is 6.06. The van der Waals surface area contributed by atoms with Crippen molar-refractivity contribution < 1.29 is 4.79 Å². The van der Waals surface area contributed by atoms with Crippen molar-refractivity contribution in [3.8, 4) is 0 Å². The van der Waals surface area contributed by atoms with E-state index in [4.69, 9.17) is 0 Å². The van der Waals surface area contributed by atoms with Crippen LogP contribution in [-0.4, -0.2) is 31.1 Å². The number of carbonyl (C=O) groups is 1. The molecule has 28 heavy (non-hydrogen) atoms. The third-order valence-electron chi connectivity index (χ3n) is 7.36. The van der Waals surface area contributed by atoms with Gasteiger partial charge in [0, 0.05) is 20.6 Å². The number of nitrogens with one attached hydrogen (secondary N) is 1. The Morgan fingerprint density at radius 1 is 1.11 bits per heavy atom. The fourth-order valence-electron chi connectivity index (χ4n) is 6.52. The summed E-state index contributed by atoms with van der Waals surface area (Å²) in [5, 5.41) is 3.14. The number of amides is 1. The van der Waals surface area contributed by atoms with E-state index in [2.05, 4.69) is 10.3 Å². The Hall–Kier alpha value is -2.38. The lowest BCUT2D eigenvalue weighted by Gasteiger charge is -2.56. The average Bonchev–Trinajstić information content (AvgIpc) is 3.06. The number of fused-ring (bicyclic) bond motifs is 1. The SMILES string of the molecule is Cn1c(=O)c2c(ncn2CC(=O)NCC23CC4CC(CC(C4)C2)C3)n(C)c1=O. The number of rotatable bonds is 4. The van der Waals surface area contributed by atoms with Gasteiger partial charge < -0.3 is 9.88 Å². The molecule has 0 aliphatic heterocycles. The molecule has 4 aliphatic rings. The molecule has 4 aliphatic carbocycles. The molecule has 2 heterocycles. The molecule has 4 fully saturated rings. The quantitative estimate of drug-likeness (QED) is 0.842. The Kier molecular flexibility index (Phi) is 3.83. The van der Waals surface area contributed by atoms with Crippen LogP contribution in [0.5, 0.6) is 0 Å². The molecule has 6 rings (SSSR count). The Morgan fingerprint density at radius 3 is 2.32 bits per heavy atom. The van der Waals surface area contributed by atoms with Crippen molar-refractivity contribution in [2.75, 3.05) is 6.54 Å². The molecule has 8 heteroatoms. The van der Waals surface area contributed by atoms with E-state index < -0.39 is 11.2 Å². The van der Waals surface area contributed by atoms with Crippen molar-refractivity contribution in [1.29, 1.82) is 0 Å². The lowest BCUT2D eigenvalue weighted by molar-refractivity contribution is -0.123. The molecule has 0 spiro atoms. The normalized spacial score (nSPS) is 30.9. The third kappa shape index (κ3) is 2.64. The van der Waals surface area contributed by atoms with Crippen molar-refractivity contribution in [2.24, 2.45) is 37.3 Å². The number of hydrogen-bond acceptors (Lipinski definition) is 4. The lowest BCUT2D eigenvalue weighted by atomic mass is 9.49. The molecule has 0 unspecified atom stereocenters. The number of nitrogens with zero attached hydrogens (tertiary/aromatic N) is 4. The van der Waals surface area contributed by atoms with Gasteiger partial charge in [-0.05, 0) is 61.7 Å². The van der Waals surface area contributed by atoms with E-state index in [9.17, 15) is 14.4 Å². The second-order valence-corrected chi connectivity index (χ2v) is 9.44. The van der Waals surface area contributed by atoms with E-state index >= 15 is 0 Å². The Balaban J connectivity index is 1.33. The molecule has 150 valence electrons. The van der Waals surface area contributed by atoms with Gasteiger partial charge in [-0.1, -0.05) is 0 Å². The predicted octanol–water partition coefficient (Wildman–Crippen LogP) is 0.766. The number of carbonyl (C=O) groups excluding carboxylic acids is 1. The molecule has 2 aromatic rings. The second-order valence-electron chi connectivity index (χ2n) is 9.44. The molecule has 4 saturated carbocycles. The minimum absolute atomic E-state index is 0.0380. The minimum Gasteiger partial charge on any atom is -0.354 e. The van der Waals surface area contributed by atoms with Crippen molar-refractivity contribution in [1.82, 2.24) is 24.0 Å². The monoisotopic (exact) mass is 385 g/mol. The molecular weight excluding hydrogens is 358 g/mol. The first-order chi connectivity index (χ1) is 13.3. The van der Waals surface area contributed by atoms with Crippen LogP contribution >= 0.6 is 0 Å². The number of hydrogen-bond donors (Lipinski definition) is 1. The van der Waals surface area contributed by atoms with E-state index in [0.717, 1.165) is 28.9 Å². The highest BCUT2D eigenvalue weighted by Gasteiger charge is 2.50. The van der Waals surface area contributed by atoms with E-state index in [-0.39, 0.29) is 23.4 Å². The summed E-state index contributed by atoms with van der Waals surface area (Å²) < 4.78 is 3.93. The molecule has 2 aromatic heterocycles.